The van der Waals surface area contributed by atoms with Crippen LogP contribution in [0.15, 0.2) is 29.6 Å². The van der Waals surface area contributed by atoms with Crippen LogP contribution in [0.2, 0.25) is 0 Å². The zero-order valence-electron chi connectivity index (χ0n) is 15.7. The SMILES string of the molecule is Cc1nc(-c2cccc(C(=O)N3CCCC(N(C)CC(=O)O)CC3)c2)cs1. The third-order valence-corrected chi connectivity index (χ3v) is 5.79. The molecule has 1 aliphatic rings. The van der Waals surface area contributed by atoms with Crippen LogP contribution in [0.25, 0.3) is 11.3 Å². The van der Waals surface area contributed by atoms with E-state index < -0.39 is 5.97 Å². The first-order valence-electron chi connectivity index (χ1n) is 9.18. The van der Waals surface area contributed by atoms with Gasteiger partial charge in [-0.3, -0.25) is 14.5 Å². The Kier molecular flexibility index (Phi) is 6.23. The molecule has 144 valence electrons. The number of carboxylic acids is 1. The number of benzene rings is 1. The second kappa shape index (κ2) is 8.63. The highest BCUT2D eigenvalue weighted by molar-refractivity contribution is 7.09. The van der Waals surface area contributed by atoms with Gasteiger partial charge in [0.05, 0.1) is 17.2 Å². The molecular formula is C20H25N3O3S. The number of carboxylic acid groups (broad SMARTS) is 1. The monoisotopic (exact) mass is 387 g/mol. The fourth-order valence-corrected chi connectivity index (χ4v) is 4.18. The molecular weight excluding hydrogens is 362 g/mol. The molecule has 0 bridgehead atoms. The highest BCUT2D eigenvalue weighted by Gasteiger charge is 2.24. The zero-order chi connectivity index (χ0) is 19.4. The fraction of sp³-hybridized carbons (Fsp3) is 0.450. The Bertz CT molecular complexity index is 820. The summed E-state index contributed by atoms with van der Waals surface area (Å²) in [6.07, 6.45) is 2.58. The van der Waals surface area contributed by atoms with Gasteiger partial charge in [0, 0.05) is 35.6 Å². The average molecular weight is 388 g/mol. The minimum atomic E-state index is -0.816. The summed E-state index contributed by atoms with van der Waals surface area (Å²) < 4.78 is 0. The van der Waals surface area contributed by atoms with E-state index in [4.69, 9.17) is 5.11 Å². The number of hydrogen-bond donors (Lipinski definition) is 1. The summed E-state index contributed by atoms with van der Waals surface area (Å²) in [6, 6.07) is 7.84. The lowest BCUT2D eigenvalue weighted by molar-refractivity contribution is -0.138. The molecule has 0 spiro atoms. The van der Waals surface area contributed by atoms with Crippen molar-refractivity contribution in [2.24, 2.45) is 0 Å². The molecule has 7 heteroatoms. The summed E-state index contributed by atoms with van der Waals surface area (Å²) in [7, 11) is 1.84. The van der Waals surface area contributed by atoms with E-state index in [0.29, 0.717) is 18.7 Å². The number of aryl methyl sites for hydroxylation is 1. The van der Waals surface area contributed by atoms with Gasteiger partial charge >= 0.3 is 5.97 Å². The van der Waals surface area contributed by atoms with Crippen molar-refractivity contribution in [3.63, 3.8) is 0 Å². The van der Waals surface area contributed by atoms with E-state index >= 15 is 0 Å². The maximum absolute atomic E-state index is 13.0. The Morgan fingerprint density at radius 3 is 2.85 bits per heavy atom. The number of aromatic nitrogens is 1. The van der Waals surface area contributed by atoms with E-state index in [1.165, 1.54) is 0 Å². The second-order valence-corrected chi connectivity index (χ2v) is 8.08. The number of hydrogen-bond acceptors (Lipinski definition) is 5. The minimum Gasteiger partial charge on any atom is -0.480 e. The van der Waals surface area contributed by atoms with Gasteiger partial charge in [-0.1, -0.05) is 12.1 Å². The summed E-state index contributed by atoms with van der Waals surface area (Å²) in [5.74, 6) is -0.783. The average Bonchev–Trinajstić information content (AvgIpc) is 2.92. The first kappa shape index (κ1) is 19.5. The van der Waals surface area contributed by atoms with Crippen molar-refractivity contribution in [3.05, 3.63) is 40.2 Å². The number of aliphatic carboxylic acids is 1. The first-order chi connectivity index (χ1) is 12.9. The molecule has 2 aromatic rings. The van der Waals surface area contributed by atoms with Gasteiger partial charge < -0.3 is 10.0 Å². The number of thiazole rings is 1. The van der Waals surface area contributed by atoms with Crippen LogP contribution >= 0.6 is 11.3 Å². The molecule has 1 aromatic heterocycles. The molecule has 2 heterocycles. The smallest absolute Gasteiger partial charge is 0.317 e. The van der Waals surface area contributed by atoms with Crippen molar-refractivity contribution in [2.45, 2.75) is 32.2 Å². The van der Waals surface area contributed by atoms with Crippen LogP contribution in [0, 0.1) is 6.92 Å². The van der Waals surface area contributed by atoms with Crippen LogP contribution in [0.3, 0.4) is 0 Å². The van der Waals surface area contributed by atoms with Gasteiger partial charge in [-0.25, -0.2) is 4.98 Å². The summed E-state index contributed by atoms with van der Waals surface area (Å²) in [6.45, 7) is 3.36. The highest BCUT2D eigenvalue weighted by atomic mass is 32.1. The van der Waals surface area contributed by atoms with E-state index in [2.05, 4.69) is 4.98 Å². The number of amides is 1. The lowest BCUT2D eigenvalue weighted by Gasteiger charge is -2.25. The van der Waals surface area contributed by atoms with Crippen molar-refractivity contribution in [3.8, 4) is 11.3 Å². The molecule has 3 rings (SSSR count). The molecule has 0 saturated carbocycles. The molecule has 1 N–H and O–H groups in total. The van der Waals surface area contributed by atoms with Gasteiger partial charge in [-0.15, -0.1) is 11.3 Å². The van der Waals surface area contributed by atoms with Gasteiger partial charge in [0.15, 0.2) is 0 Å². The summed E-state index contributed by atoms with van der Waals surface area (Å²) >= 11 is 1.60. The first-order valence-corrected chi connectivity index (χ1v) is 10.1. The van der Waals surface area contributed by atoms with Crippen LogP contribution in [0.1, 0.15) is 34.6 Å². The number of carbonyl (C=O) groups excluding carboxylic acids is 1. The molecule has 0 radical (unpaired) electrons. The van der Waals surface area contributed by atoms with Gasteiger partial charge in [-0.05, 0) is 45.4 Å². The van der Waals surface area contributed by atoms with Gasteiger partial charge in [0.25, 0.3) is 5.91 Å². The largest absolute Gasteiger partial charge is 0.480 e. The Hall–Kier alpha value is -2.25. The molecule has 1 unspecified atom stereocenters. The quantitative estimate of drug-likeness (QED) is 0.853. The predicted molar refractivity (Wildman–Crippen MR) is 106 cm³/mol. The topological polar surface area (TPSA) is 73.7 Å². The molecule has 1 aliphatic heterocycles. The van der Waals surface area contributed by atoms with E-state index in [9.17, 15) is 9.59 Å². The van der Waals surface area contributed by atoms with Crippen molar-refractivity contribution in [1.82, 2.24) is 14.8 Å². The summed E-state index contributed by atoms with van der Waals surface area (Å²) in [4.78, 5) is 32.2. The van der Waals surface area contributed by atoms with E-state index in [0.717, 1.165) is 35.5 Å². The van der Waals surface area contributed by atoms with Crippen molar-refractivity contribution < 1.29 is 14.7 Å². The Morgan fingerprint density at radius 1 is 1.33 bits per heavy atom. The zero-order valence-corrected chi connectivity index (χ0v) is 16.5. The van der Waals surface area contributed by atoms with E-state index in [1.54, 1.807) is 11.3 Å². The minimum absolute atomic E-state index is 0.0327. The predicted octanol–water partition coefficient (Wildman–Crippen LogP) is 3.13. The van der Waals surface area contributed by atoms with Gasteiger partial charge in [0.2, 0.25) is 0 Å². The lowest BCUT2D eigenvalue weighted by atomic mass is 10.1. The summed E-state index contributed by atoms with van der Waals surface area (Å²) in [5.41, 5.74) is 2.54. The maximum Gasteiger partial charge on any atom is 0.317 e. The molecule has 1 aromatic carbocycles. The van der Waals surface area contributed by atoms with E-state index in [1.807, 2.05) is 53.4 Å². The van der Waals surface area contributed by atoms with Crippen LogP contribution in [-0.2, 0) is 4.79 Å². The van der Waals surface area contributed by atoms with Crippen molar-refractivity contribution in [2.75, 3.05) is 26.7 Å². The van der Waals surface area contributed by atoms with Crippen LogP contribution in [0.4, 0.5) is 0 Å². The molecule has 1 saturated heterocycles. The standard InChI is InChI=1S/C20H25N3O3S/c1-14-21-18(13-27-14)15-5-3-6-16(11-15)20(26)23-9-4-7-17(8-10-23)22(2)12-19(24)25/h3,5-6,11,13,17H,4,7-10,12H2,1-2H3,(H,24,25). The van der Waals surface area contributed by atoms with Crippen LogP contribution in [0.5, 0.6) is 0 Å². The fourth-order valence-electron chi connectivity index (χ4n) is 3.56. The second-order valence-electron chi connectivity index (χ2n) is 7.02. The van der Waals surface area contributed by atoms with Crippen LogP contribution in [-0.4, -0.2) is 64.5 Å². The highest BCUT2D eigenvalue weighted by Crippen LogP contribution is 2.24. The number of likely N-dealkylation sites (N-methyl/N-ethyl adjacent to an activating group) is 1. The third kappa shape index (κ3) is 4.93. The molecule has 1 amide bonds. The third-order valence-electron chi connectivity index (χ3n) is 5.02. The Morgan fingerprint density at radius 2 is 2.15 bits per heavy atom. The normalized spacial score (nSPS) is 17.7. The number of likely N-dealkylation sites (tertiary alicyclic amines) is 1. The van der Waals surface area contributed by atoms with Gasteiger partial charge in [-0.2, -0.15) is 0 Å². The van der Waals surface area contributed by atoms with Gasteiger partial charge in [0.1, 0.15) is 0 Å². The number of nitrogens with zero attached hydrogens (tertiary/aromatic N) is 3. The van der Waals surface area contributed by atoms with Crippen LogP contribution < -0.4 is 0 Å². The number of rotatable bonds is 5. The number of carbonyl (C=O) groups is 2. The lowest BCUT2D eigenvalue weighted by Crippen LogP contribution is -2.37. The maximum atomic E-state index is 13.0. The van der Waals surface area contributed by atoms with Crippen molar-refractivity contribution in [1.29, 1.82) is 0 Å². The molecule has 0 aliphatic carbocycles. The Labute approximate surface area is 163 Å². The summed E-state index contributed by atoms with van der Waals surface area (Å²) in [5, 5.41) is 12.0. The van der Waals surface area contributed by atoms with Crippen molar-refractivity contribution >= 4 is 23.2 Å². The molecule has 27 heavy (non-hydrogen) atoms. The van der Waals surface area contributed by atoms with E-state index in [-0.39, 0.29) is 18.5 Å². The molecule has 1 fully saturated rings. The molecule has 6 nitrogen and oxygen atoms in total. The Balaban J connectivity index is 1.68. The molecule has 1 atom stereocenters.